The van der Waals surface area contributed by atoms with E-state index in [0.29, 0.717) is 17.4 Å². The molecule has 4 nitrogen and oxygen atoms in total. The predicted molar refractivity (Wildman–Crippen MR) is 127 cm³/mol. The first kappa shape index (κ1) is 19.2. The van der Waals surface area contributed by atoms with Gasteiger partial charge in [-0.2, -0.15) is 0 Å². The van der Waals surface area contributed by atoms with E-state index < -0.39 is 0 Å². The van der Waals surface area contributed by atoms with Gasteiger partial charge in [-0.1, -0.05) is 78.3 Å². The molecule has 0 saturated heterocycles. The van der Waals surface area contributed by atoms with Crippen LogP contribution in [0.4, 0.5) is 0 Å². The number of hydrogen-bond acceptors (Lipinski definition) is 3. The smallest absolute Gasteiger partial charge is 0.164 e. The average molecular weight is 423 g/mol. The summed E-state index contributed by atoms with van der Waals surface area (Å²) in [5, 5.41) is 0.683. The quantitative estimate of drug-likeness (QED) is 0.330. The minimum Gasteiger partial charge on any atom is -0.311 e. The summed E-state index contributed by atoms with van der Waals surface area (Å²) >= 11 is 6.07. The van der Waals surface area contributed by atoms with Gasteiger partial charge >= 0.3 is 0 Å². The summed E-state index contributed by atoms with van der Waals surface area (Å²) in [6.45, 7) is 0.691. The van der Waals surface area contributed by atoms with Gasteiger partial charge in [0.1, 0.15) is 5.52 Å². The Hall–Kier alpha value is -3.76. The molecule has 2 aromatic heterocycles. The van der Waals surface area contributed by atoms with Crippen molar-refractivity contribution < 1.29 is 0 Å². The fraction of sp³-hybridized carbons (Fsp3) is 0.0385. The monoisotopic (exact) mass is 422 g/mol. The van der Waals surface area contributed by atoms with Crippen LogP contribution in [0.15, 0.2) is 91.3 Å². The van der Waals surface area contributed by atoms with Gasteiger partial charge in [0.2, 0.25) is 0 Å². The lowest BCUT2D eigenvalue weighted by Gasteiger charge is -2.07. The van der Waals surface area contributed by atoms with E-state index in [0.717, 1.165) is 28.0 Å². The van der Waals surface area contributed by atoms with E-state index >= 15 is 0 Å². The first-order chi connectivity index (χ1) is 15.3. The van der Waals surface area contributed by atoms with Crippen LogP contribution in [0.5, 0.6) is 0 Å². The molecule has 3 aromatic carbocycles. The van der Waals surface area contributed by atoms with Crippen LogP contribution < -0.4 is 0 Å². The number of imidazole rings is 1. The van der Waals surface area contributed by atoms with E-state index in [1.807, 2.05) is 79.1 Å². The zero-order valence-corrected chi connectivity index (χ0v) is 17.4. The molecule has 150 valence electrons. The molecule has 0 fully saturated rings. The molecule has 0 aliphatic carbocycles. The Morgan fingerprint density at radius 3 is 2.23 bits per heavy atom. The predicted octanol–water partition coefficient (Wildman–Crippen LogP) is 6.37. The van der Waals surface area contributed by atoms with Crippen molar-refractivity contribution in [3.05, 3.63) is 113 Å². The lowest BCUT2D eigenvalue weighted by Crippen LogP contribution is -2.01. The van der Waals surface area contributed by atoms with E-state index in [1.54, 1.807) is 0 Å². The van der Waals surface area contributed by atoms with Crippen LogP contribution in [-0.2, 0) is 6.54 Å². The van der Waals surface area contributed by atoms with Gasteiger partial charge in [-0.05, 0) is 41.5 Å². The van der Waals surface area contributed by atoms with Crippen LogP contribution in [0.2, 0.25) is 5.02 Å². The number of aromatic nitrogens is 4. The molecular weight excluding hydrogens is 404 g/mol. The lowest BCUT2D eigenvalue weighted by molar-refractivity contribution is 0.813. The molecule has 5 rings (SSSR count). The van der Waals surface area contributed by atoms with Crippen molar-refractivity contribution in [2.75, 3.05) is 0 Å². The lowest BCUT2D eigenvalue weighted by atomic mass is 10.1. The molecule has 5 heteroatoms. The average Bonchev–Trinajstić information content (AvgIpc) is 3.22. The molecule has 31 heavy (non-hydrogen) atoms. The highest BCUT2D eigenvalue weighted by Crippen LogP contribution is 2.24. The van der Waals surface area contributed by atoms with E-state index in [-0.39, 0.29) is 0 Å². The number of nitrogens with zero attached hydrogens (tertiary/aromatic N) is 4. The number of benzene rings is 3. The van der Waals surface area contributed by atoms with E-state index in [4.69, 9.17) is 21.6 Å². The maximum absolute atomic E-state index is 6.07. The summed E-state index contributed by atoms with van der Waals surface area (Å²) < 4.78 is 2.06. The highest BCUT2D eigenvalue weighted by atomic mass is 35.5. The highest BCUT2D eigenvalue weighted by Gasteiger charge is 2.13. The zero-order valence-electron chi connectivity index (χ0n) is 16.7. The van der Waals surface area contributed by atoms with Crippen molar-refractivity contribution >= 4 is 34.9 Å². The van der Waals surface area contributed by atoms with Crippen molar-refractivity contribution in [3.63, 3.8) is 0 Å². The summed E-state index contributed by atoms with van der Waals surface area (Å²) in [5.74, 6) is 0.645. The Kier molecular flexibility index (Phi) is 5.29. The Morgan fingerprint density at radius 1 is 0.774 bits per heavy atom. The van der Waals surface area contributed by atoms with Gasteiger partial charge in [-0.15, -0.1) is 0 Å². The van der Waals surface area contributed by atoms with Gasteiger partial charge in [0.05, 0.1) is 18.6 Å². The second-order valence-electron chi connectivity index (χ2n) is 7.21. The van der Waals surface area contributed by atoms with Gasteiger partial charge in [-0.25, -0.2) is 15.0 Å². The molecule has 0 amide bonds. The molecule has 2 heterocycles. The van der Waals surface area contributed by atoms with E-state index in [1.165, 1.54) is 5.56 Å². The van der Waals surface area contributed by atoms with Gasteiger partial charge in [-0.3, -0.25) is 0 Å². The van der Waals surface area contributed by atoms with Crippen LogP contribution in [0, 0.1) is 0 Å². The molecule has 0 spiro atoms. The minimum atomic E-state index is 0.645. The summed E-state index contributed by atoms with van der Waals surface area (Å²) in [6.07, 6.45) is 5.88. The van der Waals surface area contributed by atoms with Crippen molar-refractivity contribution in [1.82, 2.24) is 19.5 Å². The fourth-order valence-corrected chi connectivity index (χ4v) is 3.57. The molecule has 0 unspecified atom stereocenters. The minimum absolute atomic E-state index is 0.645. The van der Waals surface area contributed by atoms with Gasteiger partial charge in [0.15, 0.2) is 11.5 Å². The molecule has 0 N–H and O–H groups in total. The molecule has 5 aromatic rings. The first-order valence-electron chi connectivity index (χ1n) is 10.0. The molecule has 0 atom stereocenters. The van der Waals surface area contributed by atoms with Crippen molar-refractivity contribution in [2.45, 2.75) is 6.54 Å². The first-order valence-corrected chi connectivity index (χ1v) is 10.4. The molecule has 0 aliphatic heterocycles. The van der Waals surface area contributed by atoms with Crippen LogP contribution in [-0.4, -0.2) is 19.5 Å². The second-order valence-corrected chi connectivity index (χ2v) is 7.65. The topological polar surface area (TPSA) is 43.6 Å². The standard InChI is InChI=1S/C26H19ClN4/c27-22-14-12-21(13-15-22)25-29-23(16-11-19-7-3-1-4-8-19)24-26(30-25)31(18-28-24)17-20-9-5-2-6-10-20/h1-16,18H,17H2/b16-11+. The largest absolute Gasteiger partial charge is 0.311 e. The van der Waals surface area contributed by atoms with E-state index in [9.17, 15) is 0 Å². The highest BCUT2D eigenvalue weighted by molar-refractivity contribution is 6.30. The molecule has 0 saturated carbocycles. The Labute approximate surface area is 185 Å². The molecular formula is C26H19ClN4. The van der Waals surface area contributed by atoms with Gasteiger partial charge < -0.3 is 4.57 Å². The summed E-state index contributed by atoms with van der Waals surface area (Å²) in [5.41, 5.74) is 5.57. The van der Waals surface area contributed by atoms with Gasteiger partial charge in [0, 0.05) is 10.6 Å². The van der Waals surface area contributed by atoms with Gasteiger partial charge in [0.25, 0.3) is 0 Å². The Balaban J connectivity index is 1.63. The van der Waals surface area contributed by atoms with E-state index in [2.05, 4.69) is 33.8 Å². The molecule has 0 aliphatic rings. The third-order valence-electron chi connectivity index (χ3n) is 5.02. The normalized spacial score (nSPS) is 11.4. The summed E-state index contributed by atoms with van der Waals surface area (Å²) in [6, 6.07) is 28.0. The SMILES string of the molecule is Clc1ccc(-c2nc(/C=C/c3ccccc3)c3ncn(Cc4ccccc4)c3n2)cc1. The van der Waals surface area contributed by atoms with Crippen molar-refractivity contribution in [2.24, 2.45) is 0 Å². The maximum Gasteiger partial charge on any atom is 0.164 e. The summed E-state index contributed by atoms with van der Waals surface area (Å²) in [4.78, 5) is 14.3. The van der Waals surface area contributed by atoms with Crippen molar-refractivity contribution in [3.8, 4) is 11.4 Å². The summed E-state index contributed by atoms with van der Waals surface area (Å²) in [7, 11) is 0. The number of halogens is 1. The van der Waals surface area contributed by atoms with Crippen LogP contribution in [0.25, 0.3) is 34.7 Å². The van der Waals surface area contributed by atoms with Crippen LogP contribution in [0.1, 0.15) is 16.8 Å². The van der Waals surface area contributed by atoms with Crippen LogP contribution in [0.3, 0.4) is 0 Å². The number of rotatable bonds is 5. The molecule has 0 radical (unpaired) electrons. The Bertz CT molecular complexity index is 1340. The van der Waals surface area contributed by atoms with Crippen LogP contribution >= 0.6 is 11.6 Å². The maximum atomic E-state index is 6.07. The van der Waals surface area contributed by atoms with Crippen molar-refractivity contribution in [1.29, 1.82) is 0 Å². The number of hydrogen-bond donors (Lipinski definition) is 0. The zero-order chi connectivity index (χ0) is 21.0. The third-order valence-corrected chi connectivity index (χ3v) is 5.27. The third kappa shape index (κ3) is 4.25. The number of fused-ring (bicyclic) bond motifs is 1. The Morgan fingerprint density at radius 2 is 1.48 bits per heavy atom. The molecule has 0 bridgehead atoms. The fourth-order valence-electron chi connectivity index (χ4n) is 3.45. The second kappa shape index (κ2) is 8.54.